The Labute approximate surface area is 157 Å². The van der Waals surface area contributed by atoms with Gasteiger partial charge in [-0.2, -0.15) is 0 Å². The number of allylic oxidation sites excluding steroid dienone is 4. The molecule has 0 radical (unpaired) electrons. The van der Waals surface area contributed by atoms with Crippen molar-refractivity contribution < 1.29 is 14.3 Å². The summed E-state index contributed by atoms with van der Waals surface area (Å²) in [6.07, 6.45) is 9.14. The Morgan fingerprint density at radius 3 is 2.54 bits per heavy atom. The molecule has 3 heteroatoms. The largest absolute Gasteiger partial charge is 0.493 e. The van der Waals surface area contributed by atoms with E-state index < -0.39 is 0 Å². The highest BCUT2D eigenvalue weighted by Crippen LogP contribution is 2.70. The van der Waals surface area contributed by atoms with Crippen molar-refractivity contribution in [2.75, 3.05) is 7.11 Å². The van der Waals surface area contributed by atoms with E-state index in [9.17, 15) is 9.59 Å². The fourth-order valence-electron chi connectivity index (χ4n) is 6.01. The van der Waals surface area contributed by atoms with E-state index in [1.54, 1.807) is 0 Å². The Hall–Kier alpha value is -1.64. The summed E-state index contributed by atoms with van der Waals surface area (Å²) in [5.74, 6) is 0.364. The molecule has 0 aromatic heterocycles. The molecule has 3 aliphatic rings. The number of rotatable bonds is 3. The topological polar surface area (TPSA) is 43.4 Å². The van der Waals surface area contributed by atoms with Crippen molar-refractivity contribution in [3.8, 4) is 0 Å². The Kier molecular flexibility index (Phi) is 4.57. The molecule has 0 aromatic carbocycles. The lowest BCUT2D eigenvalue weighted by atomic mass is 9.38. The maximum atomic E-state index is 12.8. The van der Waals surface area contributed by atoms with Crippen LogP contribution in [0.5, 0.6) is 0 Å². The van der Waals surface area contributed by atoms with Gasteiger partial charge in [-0.25, -0.2) is 0 Å². The van der Waals surface area contributed by atoms with E-state index in [1.165, 1.54) is 24.8 Å². The summed E-state index contributed by atoms with van der Waals surface area (Å²) in [6.45, 7) is 13.9. The van der Waals surface area contributed by atoms with Crippen LogP contribution in [0.3, 0.4) is 0 Å². The predicted molar refractivity (Wildman–Crippen MR) is 104 cm³/mol. The average Bonchev–Trinajstić information content (AvgIpc) is 2.59. The second kappa shape index (κ2) is 6.21. The molecule has 0 aliphatic heterocycles. The van der Waals surface area contributed by atoms with Gasteiger partial charge in [0.25, 0.3) is 0 Å². The average molecular weight is 357 g/mol. The fraction of sp³-hybridized carbons (Fsp3) is 0.652. The molecular formula is C23H32O3. The van der Waals surface area contributed by atoms with Crippen LogP contribution >= 0.6 is 0 Å². The molecule has 4 atom stereocenters. The molecule has 3 rings (SSSR count). The first kappa shape index (κ1) is 19.1. The maximum absolute atomic E-state index is 12.8. The summed E-state index contributed by atoms with van der Waals surface area (Å²) in [6, 6.07) is 0. The number of methoxy groups -OCH3 is 1. The first-order valence-electron chi connectivity index (χ1n) is 9.82. The first-order valence-corrected chi connectivity index (χ1v) is 9.82. The van der Waals surface area contributed by atoms with Crippen molar-refractivity contribution in [1.29, 1.82) is 0 Å². The predicted octanol–water partition coefficient (Wildman–Crippen LogP) is 5.17. The first-order chi connectivity index (χ1) is 12.1. The van der Waals surface area contributed by atoms with Gasteiger partial charge in [0.1, 0.15) is 0 Å². The maximum Gasteiger partial charge on any atom is 0.223 e. The van der Waals surface area contributed by atoms with E-state index in [0.717, 1.165) is 32.1 Å². The molecule has 0 saturated heterocycles. The number of ketones is 2. The molecule has 2 fully saturated rings. The third kappa shape index (κ3) is 2.46. The van der Waals surface area contributed by atoms with Gasteiger partial charge < -0.3 is 4.74 Å². The molecule has 3 nitrogen and oxygen atoms in total. The molecule has 0 bridgehead atoms. The van der Waals surface area contributed by atoms with Gasteiger partial charge in [-0.15, -0.1) is 0 Å². The highest BCUT2D eigenvalue weighted by Gasteiger charge is 2.62. The van der Waals surface area contributed by atoms with Crippen LogP contribution in [0.2, 0.25) is 0 Å². The summed E-state index contributed by atoms with van der Waals surface area (Å²) in [5, 5.41) is 0. The van der Waals surface area contributed by atoms with Gasteiger partial charge in [-0.05, 0) is 66.8 Å². The molecule has 2 saturated carbocycles. The van der Waals surface area contributed by atoms with Crippen LogP contribution in [0.25, 0.3) is 0 Å². The number of carbonyl (C=O) groups is 2. The van der Waals surface area contributed by atoms with Crippen LogP contribution in [0.15, 0.2) is 35.6 Å². The van der Waals surface area contributed by atoms with Gasteiger partial charge in [-0.1, -0.05) is 39.8 Å². The Balaban J connectivity index is 2.03. The zero-order valence-electron chi connectivity index (χ0n) is 16.9. The van der Waals surface area contributed by atoms with Gasteiger partial charge in [0, 0.05) is 11.6 Å². The molecule has 0 aromatic rings. The number of ether oxygens (including phenoxy) is 1. The smallest absolute Gasteiger partial charge is 0.223 e. The Morgan fingerprint density at radius 2 is 1.88 bits per heavy atom. The SMILES string of the molecule is C=C1CCC[C@]2(C)[C@@]1(C)CC[C@H](C)[C@@]2(C)CC1=CC(=O)C=C(OC)C1=O. The lowest BCUT2D eigenvalue weighted by molar-refractivity contribution is -0.135. The van der Waals surface area contributed by atoms with Crippen molar-refractivity contribution in [2.45, 2.75) is 66.2 Å². The van der Waals surface area contributed by atoms with Crippen molar-refractivity contribution in [3.63, 3.8) is 0 Å². The molecule has 26 heavy (non-hydrogen) atoms. The summed E-state index contributed by atoms with van der Waals surface area (Å²) in [5.41, 5.74) is 2.05. The molecule has 142 valence electrons. The molecule has 0 amide bonds. The monoisotopic (exact) mass is 356 g/mol. The normalized spacial score (nSPS) is 40.7. The molecule has 0 unspecified atom stereocenters. The summed E-state index contributed by atoms with van der Waals surface area (Å²) < 4.78 is 5.16. The van der Waals surface area contributed by atoms with Crippen molar-refractivity contribution in [2.24, 2.45) is 22.2 Å². The summed E-state index contributed by atoms with van der Waals surface area (Å²) in [7, 11) is 1.45. The van der Waals surface area contributed by atoms with E-state index >= 15 is 0 Å². The number of carbonyl (C=O) groups excluding carboxylic acids is 2. The van der Waals surface area contributed by atoms with Crippen molar-refractivity contribution in [3.05, 3.63) is 35.6 Å². The minimum atomic E-state index is -0.149. The number of fused-ring (bicyclic) bond motifs is 1. The van der Waals surface area contributed by atoms with Crippen LogP contribution in [0, 0.1) is 22.2 Å². The van der Waals surface area contributed by atoms with E-state index in [-0.39, 0.29) is 33.6 Å². The third-order valence-corrected chi connectivity index (χ3v) is 8.46. The zero-order chi connectivity index (χ0) is 19.3. The quantitative estimate of drug-likeness (QED) is 0.517. The molecule has 0 spiro atoms. The Morgan fingerprint density at radius 1 is 1.19 bits per heavy atom. The van der Waals surface area contributed by atoms with Gasteiger partial charge in [-0.3, -0.25) is 9.59 Å². The van der Waals surface area contributed by atoms with Crippen LogP contribution in [-0.2, 0) is 14.3 Å². The van der Waals surface area contributed by atoms with Crippen LogP contribution in [0.4, 0.5) is 0 Å². The lowest BCUT2D eigenvalue weighted by Gasteiger charge is -2.66. The van der Waals surface area contributed by atoms with Gasteiger partial charge in [0.05, 0.1) is 7.11 Å². The van der Waals surface area contributed by atoms with Crippen LogP contribution in [0.1, 0.15) is 66.2 Å². The highest BCUT2D eigenvalue weighted by atomic mass is 16.5. The van der Waals surface area contributed by atoms with Crippen LogP contribution in [-0.4, -0.2) is 18.7 Å². The number of hydrogen-bond acceptors (Lipinski definition) is 3. The fourth-order valence-corrected chi connectivity index (χ4v) is 6.01. The van der Waals surface area contributed by atoms with E-state index in [2.05, 4.69) is 34.3 Å². The van der Waals surface area contributed by atoms with Gasteiger partial charge in [0.2, 0.25) is 5.78 Å². The molecule has 0 N–H and O–H groups in total. The van der Waals surface area contributed by atoms with Crippen LogP contribution < -0.4 is 0 Å². The summed E-state index contributed by atoms with van der Waals surface area (Å²) >= 11 is 0. The third-order valence-electron chi connectivity index (χ3n) is 8.46. The Bertz CT molecular complexity index is 728. The zero-order valence-corrected chi connectivity index (χ0v) is 16.9. The summed E-state index contributed by atoms with van der Waals surface area (Å²) in [4.78, 5) is 24.9. The molecular weight excluding hydrogens is 324 g/mol. The number of Topliss-reactive ketones (excluding diaryl/α,β-unsaturated/α-hetero) is 1. The van der Waals surface area contributed by atoms with Gasteiger partial charge in [0.15, 0.2) is 11.5 Å². The number of hydrogen-bond donors (Lipinski definition) is 0. The minimum Gasteiger partial charge on any atom is -0.493 e. The van der Waals surface area contributed by atoms with Gasteiger partial charge >= 0.3 is 0 Å². The van der Waals surface area contributed by atoms with Crippen molar-refractivity contribution >= 4 is 11.6 Å². The van der Waals surface area contributed by atoms with E-state index in [1.807, 2.05) is 0 Å². The molecule has 3 aliphatic carbocycles. The minimum absolute atomic E-state index is 0.0611. The lowest BCUT2D eigenvalue weighted by Crippen LogP contribution is -2.58. The second-order valence-electron chi connectivity index (χ2n) is 9.27. The van der Waals surface area contributed by atoms with E-state index in [4.69, 9.17) is 4.74 Å². The highest BCUT2D eigenvalue weighted by molar-refractivity contribution is 6.19. The van der Waals surface area contributed by atoms with Crippen molar-refractivity contribution in [1.82, 2.24) is 0 Å². The molecule has 0 heterocycles. The van der Waals surface area contributed by atoms with E-state index in [0.29, 0.717) is 17.9 Å². The second-order valence-corrected chi connectivity index (χ2v) is 9.27. The standard InChI is InChI=1S/C23H32O3/c1-15-8-7-10-23(5)21(15,3)11-9-16(2)22(23,4)14-17-12-18(24)13-19(26-6)20(17)25/h12-13,16H,1,7-11,14H2,2-6H3/t16-,21-,22+,23+/m0/s1.